The molecule has 144 valence electrons. The third-order valence-corrected chi connectivity index (χ3v) is 4.71. The fourth-order valence-corrected chi connectivity index (χ4v) is 3.26. The normalized spacial score (nSPS) is 16.8. The van der Waals surface area contributed by atoms with Gasteiger partial charge in [-0.05, 0) is 23.3 Å². The molecule has 0 bridgehead atoms. The molecule has 1 heterocycles. The van der Waals surface area contributed by atoms with Crippen LogP contribution in [0.2, 0.25) is 0 Å². The Kier molecular flexibility index (Phi) is 5.86. The summed E-state index contributed by atoms with van der Waals surface area (Å²) in [4.78, 5) is 39.9. The summed E-state index contributed by atoms with van der Waals surface area (Å²) in [6.07, 6.45) is 1.82. The molecular formula is C21H21N3O4. The lowest BCUT2D eigenvalue weighted by molar-refractivity contribution is -0.153. The van der Waals surface area contributed by atoms with Crippen molar-refractivity contribution >= 4 is 17.7 Å². The Labute approximate surface area is 162 Å². The van der Waals surface area contributed by atoms with E-state index in [4.69, 9.17) is 5.21 Å². The molecule has 3 amide bonds. The zero-order valence-electron chi connectivity index (χ0n) is 15.2. The Morgan fingerprint density at radius 2 is 1.79 bits per heavy atom. The fourth-order valence-electron chi connectivity index (χ4n) is 3.26. The van der Waals surface area contributed by atoms with Crippen molar-refractivity contribution in [1.82, 2.24) is 15.3 Å². The molecule has 0 aromatic heterocycles. The zero-order valence-corrected chi connectivity index (χ0v) is 15.2. The fraction of sp³-hybridized carbons (Fsp3) is 0.190. The number of carbonyl (C=O) groups is 3. The van der Waals surface area contributed by atoms with Crippen LogP contribution in [-0.4, -0.2) is 45.3 Å². The Morgan fingerprint density at radius 1 is 1.11 bits per heavy atom. The van der Waals surface area contributed by atoms with Crippen LogP contribution in [0.1, 0.15) is 21.5 Å². The molecule has 1 unspecified atom stereocenters. The summed E-state index contributed by atoms with van der Waals surface area (Å²) in [5, 5.41) is 8.68. The number of amides is 3. The van der Waals surface area contributed by atoms with Crippen molar-refractivity contribution in [3.05, 3.63) is 84.1 Å². The number of rotatable bonds is 6. The molecule has 2 aromatic rings. The average molecular weight is 379 g/mol. The lowest BCUT2D eigenvalue weighted by Gasteiger charge is -2.38. The van der Waals surface area contributed by atoms with E-state index in [0.29, 0.717) is 12.0 Å². The van der Waals surface area contributed by atoms with Crippen molar-refractivity contribution < 1.29 is 19.6 Å². The Bertz CT molecular complexity index is 880. The van der Waals surface area contributed by atoms with E-state index in [-0.39, 0.29) is 24.9 Å². The Balaban J connectivity index is 1.78. The van der Waals surface area contributed by atoms with Gasteiger partial charge in [-0.25, -0.2) is 5.48 Å². The number of hydrogen-bond acceptors (Lipinski definition) is 4. The minimum absolute atomic E-state index is 0.0327. The molecule has 28 heavy (non-hydrogen) atoms. The number of hydrogen-bond donors (Lipinski definition) is 2. The molecule has 2 N–H and O–H groups in total. The van der Waals surface area contributed by atoms with E-state index in [0.717, 1.165) is 11.1 Å². The average Bonchev–Trinajstić information content (AvgIpc) is 2.72. The van der Waals surface area contributed by atoms with Crippen LogP contribution < -0.4 is 5.48 Å². The minimum Gasteiger partial charge on any atom is -0.327 e. The van der Waals surface area contributed by atoms with Crippen molar-refractivity contribution in [3.8, 4) is 0 Å². The van der Waals surface area contributed by atoms with Gasteiger partial charge >= 0.3 is 0 Å². The van der Waals surface area contributed by atoms with Crippen molar-refractivity contribution in [1.29, 1.82) is 0 Å². The molecule has 7 heteroatoms. The maximum Gasteiger partial charge on any atom is 0.274 e. The van der Waals surface area contributed by atoms with Gasteiger partial charge in [-0.1, -0.05) is 49.0 Å². The lowest BCUT2D eigenvalue weighted by Crippen LogP contribution is -2.58. The first kappa shape index (κ1) is 19.3. The van der Waals surface area contributed by atoms with Crippen LogP contribution in [0.5, 0.6) is 0 Å². The lowest BCUT2D eigenvalue weighted by atomic mass is 10.0. The summed E-state index contributed by atoms with van der Waals surface area (Å²) in [5.41, 5.74) is 3.61. The van der Waals surface area contributed by atoms with Gasteiger partial charge in [0.2, 0.25) is 11.8 Å². The molecular weight excluding hydrogens is 358 g/mol. The number of hydroxylamine groups is 1. The van der Waals surface area contributed by atoms with Gasteiger partial charge in [0.05, 0.1) is 0 Å². The van der Waals surface area contributed by atoms with Gasteiger partial charge in [0.25, 0.3) is 5.91 Å². The van der Waals surface area contributed by atoms with Gasteiger partial charge in [-0.15, -0.1) is 0 Å². The van der Waals surface area contributed by atoms with Gasteiger partial charge in [-0.3, -0.25) is 19.6 Å². The third-order valence-electron chi connectivity index (χ3n) is 4.71. The van der Waals surface area contributed by atoms with E-state index in [9.17, 15) is 14.4 Å². The summed E-state index contributed by atoms with van der Waals surface area (Å²) in [7, 11) is 0. The van der Waals surface area contributed by atoms with Gasteiger partial charge in [0.15, 0.2) is 0 Å². The first-order valence-electron chi connectivity index (χ1n) is 8.83. The van der Waals surface area contributed by atoms with E-state index < -0.39 is 11.9 Å². The highest BCUT2D eigenvalue weighted by atomic mass is 16.5. The highest BCUT2D eigenvalue weighted by Crippen LogP contribution is 2.20. The topological polar surface area (TPSA) is 90.0 Å². The number of nitrogens with zero attached hydrogens (tertiary/aromatic N) is 2. The van der Waals surface area contributed by atoms with Crippen LogP contribution in [0, 0.1) is 0 Å². The van der Waals surface area contributed by atoms with Crippen LogP contribution in [0.15, 0.2) is 67.4 Å². The molecule has 1 atom stereocenters. The molecule has 2 aromatic carbocycles. The van der Waals surface area contributed by atoms with E-state index in [1.165, 1.54) is 16.0 Å². The molecule has 0 saturated carbocycles. The van der Waals surface area contributed by atoms with E-state index >= 15 is 0 Å². The summed E-state index contributed by atoms with van der Waals surface area (Å²) in [6.45, 7) is 3.90. The highest BCUT2D eigenvalue weighted by Gasteiger charge is 2.38. The summed E-state index contributed by atoms with van der Waals surface area (Å²) in [6, 6.07) is 15.4. The second-order valence-corrected chi connectivity index (χ2v) is 6.52. The Morgan fingerprint density at radius 3 is 2.39 bits per heavy atom. The number of carbonyl (C=O) groups excluding carboxylic acids is 3. The molecule has 1 saturated heterocycles. The molecule has 0 aliphatic carbocycles. The van der Waals surface area contributed by atoms with E-state index in [1.54, 1.807) is 29.7 Å². The Hall–Kier alpha value is -3.45. The number of piperazine rings is 1. The second-order valence-electron chi connectivity index (χ2n) is 6.52. The second kappa shape index (κ2) is 8.49. The maximum absolute atomic E-state index is 13.1. The molecule has 0 radical (unpaired) electrons. The quantitative estimate of drug-likeness (QED) is 0.591. The van der Waals surface area contributed by atoms with Gasteiger partial charge in [0.1, 0.15) is 12.6 Å². The molecule has 1 fully saturated rings. The number of benzene rings is 2. The van der Waals surface area contributed by atoms with Crippen molar-refractivity contribution in [2.75, 3.05) is 6.54 Å². The number of nitrogens with one attached hydrogen (secondary N) is 1. The van der Waals surface area contributed by atoms with E-state index in [2.05, 4.69) is 6.58 Å². The van der Waals surface area contributed by atoms with E-state index in [1.807, 2.05) is 30.3 Å². The maximum atomic E-state index is 13.1. The van der Waals surface area contributed by atoms with Crippen LogP contribution in [0.4, 0.5) is 0 Å². The summed E-state index contributed by atoms with van der Waals surface area (Å²) < 4.78 is 0. The zero-order chi connectivity index (χ0) is 20.1. The molecule has 7 nitrogen and oxygen atoms in total. The smallest absolute Gasteiger partial charge is 0.274 e. The van der Waals surface area contributed by atoms with Crippen molar-refractivity contribution in [2.45, 2.75) is 19.0 Å². The standard InChI is InChI=1S/C21H21N3O4/c1-2-24-18(12-15-6-4-3-5-7-15)21(27)23(14-19(24)25)13-16-8-10-17(11-9-16)20(26)22-28/h2-11,18,28H,1,12-14H2,(H,22,26). The first-order valence-corrected chi connectivity index (χ1v) is 8.83. The highest BCUT2D eigenvalue weighted by molar-refractivity contribution is 5.96. The summed E-state index contributed by atoms with van der Waals surface area (Å²) >= 11 is 0. The predicted molar refractivity (Wildman–Crippen MR) is 102 cm³/mol. The monoisotopic (exact) mass is 379 g/mol. The first-order chi connectivity index (χ1) is 13.5. The summed E-state index contributed by atoms with van der Waals surface area (Å²) in [5.74, 6) is -0.951. The largest absolute Gasteiger partial charge is 0.327 e. The third kappa shape index (κ3) is 4.10. The van der Waals surface area contributed by atoms with Gasteiger partial charge < -0.3 is 9.80 Å². The van der Waals surface area contributed by atoms with Crippen LogP contribution in [-0.2, 0) is 22.6 Å². The van der Waals surface area contributed by atoms with Gasteiger partial charge in [-0.2, -0.15) is 0 Å². The predicted octanol–water partition coefficient (Wildman–Crippen LogP) is 1.73. The SMILES string of the molecule is C=CN1C(=O)CN(Cc2ccc(C(=O)NO)cc2)C(=O)C1Cc1ccccc1. The molecule has 3 rings (SSSR count). The minimum atomic E-state index is -0.638. The van der Waals surface area contributed by atoms with Gasteiger partial charge in [0, 0.05) is 24.7 Å². The molecule has 1 aliphatic rings. The van der Waals surface area contributed by atoms with Crippen molar-refractivity contribution in [3.63, 3.8) is 0 Å². The molecule has 1 aliphatic heterocycles. The van der Waals surface area contributed by atoms with Crippen LogP contribution in [0.25, 0.3) is 0 Å². The van der Waals surface area contributed by atoms with Crippen LogP contribution in [0.3, 0.4) is 0 Å². The van der Waals surface area contributed by atoms with Crippen molar-refractivity contribution in [2.24, 2.45) is 0 Å². The molecule has 0 spiro atoms. The van der Waals surface area contributed by atoms with Crippen LogP contribution >= 0.6 is 0 Å².